The number of aromatic amines is 1. The average Bonchev–Trinajstić information content (AvgIpc) is 3.37. The van der Waals surface area contributed by atoms with E-state index in [0.717, 1.165) is 39.7 Å². The number of rotatable bonds is 9. The number of hydrogen-bond acceptors (Lipinski definition) is 10. The molecule has 1 saturated carbocycles. The van der Waals surface area contributed by atoms with E-state index in [9.17, 15) is 9.59 Å². The molecule has 2 fully saturated rings. The lowest BCUT2D eigenvalue weighted by Crippen LogP contribution is -2.27. The number of aryl methyl sites for hydroxylation is 1. The number of benzene rings is 2. The number of nitrogens with zero attached hydrogens (tertiary/aromatic N) is 6. The Labute approximate surface area is 257 Å². The molecule has 3 aromatic heterocycles. The number of hydrogen-bond donors (Lipinski definition) is 1. The van der Waals surface area contributed by atoms with Gasteiger partial charge in [-0.05, 0) is 67.8 Å². The minimum absolute atomic E-state index is 0.0829. The first-order valence-electron chi connectivity index (χ1n) is 14.7. The van der Waals surface area contributed by atoms with E-state index in [1.807, 2.05) is 54.3 Å². The predicted octanol–water partition coefficient (Wildman–Crippen LogP) is 5.63. The predicted molar refractivity (Wildman–Crippen MR) is 164 cm³/mol. The Kier molecular flexibility index (Phi) is 7.29. The molecule has 1 atom stereocenters. The van der Waals surface area contributed by atoms with Gasteiger partial charge in [0.25, 0.3) is 11.4 Å². The second-order valence-electron chi connectivity index (χ2n) is 11.7. The molecule has 2 aliphatic rings. The van der Waals surface area contributed by atoms with Crippen molar-refractivity contribution in [3.05, 3.63) is 86.5 Å². The fourth-order valence-electron chi connectivity index (χ4n) is 5.36. The van der Waals surface area contributed by atoms with Gasteiger partial charge >= 0.3 is 0 Å². The van der Waals surface area contributed by atoms with E-state index in [4.69, 9.17) is 9.26 Å². The van der Waals surface area contributed by atoms with E-state index >= 15 is 0 Å². The van der Waals surface area contributed by atoms with Crippen molar-refractivity contribution in [1.29, 1.82) is 0 Å². The summed E-state index contributed by atoms with van der Waals surface area (Å²) in [4.78, 5) is 31.6. The fraction of sp³-hybridized carbons (Fsp3) is 0.344. The van der Waals surface area contributed by atoms with Crippen LogP contribution in [0.4, 0.5) is 0 Å². The molecule has 1 unspecified atom stereocenters. The molecule has 1 aliphatic carbocycles. The summed E-state index contributed by atoms with van der Waals surface area (Å²) in [5.41, 5.74) is 3.49. The molecule has 224 valence electrons. The van der Waals surface area contributed by atoms with Crippen molar-refractivity contribution in [3.8, 4) is 33.5 Å². The highest BCUT2D eigenvalue weighted by Crippen LogP contribution is 2.37. The molecule has 0 bridgehead atoms. The number of ether oxygens (including phenoxy) is 1. The number of carbonyl (C=O) groups excluding carboxylic acids is 1. The first-order chi connectivity index (χ1) is 21.3. The zero-order valence-electron chi connectivity index (χ0n) is 24.6. The third kappa shape index (κ3) is 5.77. The molecule has 44 heavy (non-hydrogen) atoms. The molecule has 11 nitrogen and oxygen atoms in total. The second kappa shape index (κ2) is 11.4. The van der Waals surface area contributed by atoms with E-state index in [2.05, 4.69) is 44.4 Å². The number of amides is 1. The van der Waals surface area contributed by atoms with Crippen LogP contribution in [0.5, 0.6) is 11.5 Å². The van der Waals surface area contributed by atoms with Gasteiger partial charge in [0.15, 0.2) is 5.82 Å². The van der Waals surface area contributed by atoms with Crippen LogP contribution < -0.4 is 10.3 Å². The highest BCUT2D eigenvalue weighted by molar-refractivity contribution is 7.14. The summed E-state index contributed by atoms with van der Waals surface area (Å²) in [6.07, 6.45) is 2.87. The van der Waals surface area contributed by atoms with Crippen LogP contribution in [0.2, 0.25) is 0 Å². The summed E-state index contributed by atoms with van der Waals surface area (Å²) >= 11 is 1.58. The standard InChI is InChI=1S/C32H31N7O4S/c1-17(2)31-36-37-32(44-31)19-6-10-25(11-7-19)42-26-14-21(5-4-20(26)13-22-12-18(3)34-35-29(22)41)30-33-28(38-43-30)23-15-27(40)39(16-23)24-8-9-24/h4-7,10-12,14,17,23-24H,8-9,13,15-16H2,1-3H3,(H,35,41). The van der Waals surface area contributed by atoms with Gasteiger partial charge < -0.3 is 14.2 Å². The topological polar surface area (TPSA) is 140 Å². The zero-order chi connectivity index (χ0) is 30.4. The number of nitrogens with one attached hydrogen (secondary N) is 1. The minimum atomic E-state index is -0.249. The van der Waals surface area contributed by atoms with Gasteiger partial charge in [-0.1, -0.05) is 36.4 Å². The Hall–Kier alpha value is -4.71. The molecule has 12 heteroatoms. The normalized spacial score (nSPS) is 16.7. The van der Waals surface area contributed by atoms with Gasteiger partial charge in [0, 0.05) is 54.0 Å². The van der Waals surface area contributed by atoms with Gasteiger partial charge in [-0.3, -0.25) is 9.59 Å². The SMILES string of the molecule is Cc1cc(Cc2ccc(-c3nc(C4CC(=O)N(C5CC5)C4)no3)cc2Oc2ccc(-c3nnc(C(C)C)s3)cc2)c(=O)[nH]n1. The van der Waals surface area contributed by atoms with Crippen LogP contribution in [-0.2, 0) is 11.2 Å². The van der Waals surface area contributed by atoms with Crippen LogP contribution in [-0.4, -0.2) is 53.9 Å². The summed E-state index contributed by atoms with van der Waals surface area (Å²) in [6, 6.07) is 15.5. The van der Waals surface area contributed by atoms with E-state index in [-0.39, 0.29) is 17.4 Å². The van der Waals surface area contributed by atoms with Gasteiger partial charge in [-0.15, -0.1) is 10.2 Å². The number of likely N-dealkylation sites (tertiary alicyclic amines) is 1. The van der Waals surface area contributed by atoms with Crippen molar-refractivity contribution in [2.24, 2.45) is 0 Å². The van der Waals surface area contributed by atoms with Gasteiger partial charge in [0.2, 0.25) is 5.91 Å². The number of carbonyl (C=O) groups is 1. The molecule has 7 rings (SSSR count). The molecular formula is C32H31N7O4S. The summed E-state index contributed by atoms with van der Waals surface area (Å²) in [5.74, 6) is 2.45. The van der Waals surface area contributed by atoms with Crippen molar-refractivity contribution in [3.63, 3.8) is 0 Å². The summed E-state index contributed by atoms with van der Waals surface area (Å²) in [6.45, 7) is 6.66. The maximum Gasteiger partial charge on any atom is 0.267 e. The largest absolute Gasteiger partial charge is 0.457 e. The summed E-state index contributed by atoms with van der Waals surface area (Å²) in [7, 11) is 0. The van der Waals surface area contributed by atoms with E-state index in [0.29, 0.717) is 65.7 Å². The molecule has 1 N–H and O–H groups in total. The first-order valence-corrected chi connectivity index (χ1v) is 15.6. The van der Waals surface area contributed by atoms with Crippen molar-refractivity contribution < 1.29 is 14.1 Å². The Bertz CT molecular complexity index is 1890. The molecule has 0 radical (unpaired) electrons. The van der Waals surface area contributed by atoms with E-state index in [1.54, 1.807) is 17.4 Å². The van der Waals surface area contributed by atoms with Crippen LogP contribution in [0.1, 0.15) is 72.6 Å². The Balaban J connectivity index is 1.17. The average molecular weight is 610 g/mol. The Morgan fingerprint density at radius 2 is 1.84 bits per heavy atom. The van der Waals surface area contributed by atoms with Crippen molar-refractivity contribution in [2.75, 3.05) is 6.54 Å². The number of H-pyrrole nitrogens is 1. The molecular weight excluding hydrogens is 578 g/mol. The molecule has 5 aromatic rings. The molecule has 1 aliphatic heterocycles. The van der Waals surface area contributed by atoms with Crippen molar-refractivity contribution >= 4 is 17.2 Å². The van der Waals surface area contributed by atoms with Crippen LogP contribution in [0.25, 0.3) is 22.0 Å². The van der Waals surface area contributed by atoms with Crippen molar-refractivity contribution in [1.82, 2.24) is 35.4 Å². The highest BCUT2D eigenvalue weighted by atomic mass is 32.1. The van der Waals surface area contributed by atoms with Gasteiger partial charge in [-0.25, -0.2) is 5.10 Å². The summed E-state index contributed by atoms with van der Waals surface area (Å²) < 4.78 is 12.1. The molecule has 2 aromatic carbocycles. The number of aromatic nitrogens is 6. The van der Waals surface area contributed by atoms with Crippen molar-refractivity contribution in [2.45, 2.75) is 64.3 Å². The lowest BCUT2D eigenvalue weighted by atomic mass is 10.0. The second-order valence-corrected chi connectivity index (χ2v) is 12.7. The maximum atomic E-state index is 12.5. The van der Waals surface area contributed by atoms with E-state index in [1.165, 1.54) is 0 Å². The van der Waals surface area contributed by atoms with Gasteiger partial charge in [0.1, 0.15) is 21.5 Å². The third-order valence-corrected chi connectivity index (χ3v) is 9.19. The van der Waals surface area contributed by atoms with Gasteiger partial charge in [0.05, 0.1) is 5.69 Å². The minimum Gasteiger partial charge on any atom is -0.457 e. The molecule has 1 saturated heterocycles. The van der Waals surface area contributed by atoms with Gasteiger partial charge in [-0.2, -0.15) is 10.1 Å². The molecule has 0 spiro atoms. The van der Waals surface area contributed by atoms with Crippen LogP contribution >= 0.6 is 11.3 Å². The quantitative estimate of drug-likeness (QED) is 0.225. The maximum absolute atomic E-state index is 12.5. The highest BCUT2D eigenvalue weighted by Gasteiger charge is 2.41. The summed E-state index contributed by atoms with van der Waals surface area (Å²) in [5, 5.41) is 21.3. The molecule has 4 heterocycles. The fourth-order valence-corrected chi connectivity index (χ4v) is 6.22. The van der Waals surface area contributed by atoms with Crippen LogP contribution in [0, 0.1) is 6.92 Å². The Morgan fingerprint density at radius 3 is 2.59 bits per heavy atom. The van der Waals surface area contributed by atoms with Crippen LogP contribution in [0.15, 0.2) is 57.8 Å². The monoisotopic (exact) mass is 609 g/mol. The van der Waals surface area contributed by atoms with Crippen LogP contribution in [0.3, 0.4) is 0 Å². The zero-order valence-corrected chi connectivity index (χ0v) is 25.4. The smallest absolute Gasteiger partial charge is 0.267 e. The lowest BCUT2D eigenvalue weighted by Gasteiger charge is -2.14. The molecule has 1 amide bonds. The van der Waals surface area contributed by atoms with E-state index < -0.39 is 0 Å². The third-order valence-electron chi connectivity index (χ3n) is 7.92. The first kappa shape index (κ1) is 28.1. The Morgan fingerprint density at radius 1 is 1.05 bits per heavy atom. The lowest BCUT2D eigenvalue weighted by molar-refractivity contribution is -0.128.